The number of carbonyl (C=O) groups is 1. The molecule has 0 fully saturated rings. The van der Waals surface area contributed by atoms with Gasteiger partial charge in [0.15, 0.2) is 5.17 Å². The summed E-state index contributed by atoms with van der Waals surface area (Å²) in [7, 11) is 0. The average Bonchev–Trinajstić information content (AvgIpc) is 3.33. The lowest BCUT2D eigenvalue weighted by Crippen LogP contribution is -2.38. The number of aryl methyl sites for hydroxylation is 1. The van der Waals surface area contributed by atoms with Crippen LogP contribution in [0.1, 0.15) is 22.5 Å². The van der Waals surface area contributed by atoms with Gasteiger partial charge in [0, 0.05) is 16.8 Å². The van der Waals surface area contributed by atoms with Crippen molar-refractivity contribution in [1.29, 1.82) is 5.41 Å². The van der Waals surface area contributed by atoms with Gasteiger partial charge in [-0.1, -0.05) is 65.8 Å². The van der Waals surface area contributed by atoms with E-state index in [1.165, 1.54) is 11.8 Å². The number of thioether (sulfide) groups is 1. The summed E-state index contributed by atoms with van der Waals surface area (Å²) in [5, 5.41) is 11.9. The first-order valence-corrected chi connectivity index (χ1v) is 11.3. The predicted molar refractivity (Wildman–Crippen MR) is 132 cm³/mol. The molecule has 0 spiro atoms. The molecule has 0 saturated carbocycles. The van der Waals surface area contributed by atoms with Crippen LogP contribution < -0.4 is 0 Å². The maximum Gasteiger partial charge on any atom is 0.283 e. The van der Waals surface area contributed by atoms with E-state index >= 15 is 0 Å². The monoisotopic (exact) mass is 458 g/mol. The summed E-state index contributed by atoms with van der Waals surface area (Å²) in [5.74, 6) is -0.276. The van der Waals surface area contributed by atoms with Gasteiger partial charge in [-0.15, -0.1) is 0 Å². The molecule has 0 unspecified atom stereocenters. The number of fused-ring (bicyclic) bond motifs is 1. The van der Waals surface area contributed by atoms with Gasteiger partial charge in [-0.25, -0.2) is 0 Å². The van der Waals surface area contributed by atoms with E-state index in [4.69, 9.17) is 17.0 Å². The average molecular weight is 459 g/mol. The highest BCUT2D eigenvalue weighted by atomic mass is 35.5. The van der Waals surface area contributed by atoms with E-state index in [1.807, 2.05) is 79.9 Å². The molecular weight excluding hydrogens is 440 g/mol. The fraction of sp³-hybridized carbons (Fsp3) is 0.0800. The maximum absolute atomic E-state index is 12.8. The van der Waals surface area contributed by atoms with Crippen LogP contribution in [0.2, 0.25) is 5.02 Å². The van der Waals surface area contributed by atoms with Crippen molar-refractivity contribution in [2.24, 2.45) is 4.99 Å². The standard InChI is InChI=1S/C25H19ClN4OS/c1-15-12-18(16(2)29(15)21-11-7-6-10-20(21)26)13-19-23(27)30-22(17-8-4-3-5-9-17)14-32-25(30)28-24(19)31/h3-14,27H,1-2H3. The fourth-order valence-electron chi connectivity index (χ4n) is 4.01. The quantitative estimate of drug-likeness (QED) is 0.486. The highest BCUT2D eigenvalue weighted by molar-refractivity contribution is 8.17. The van der Waals surface area contributed by atoms with E-state index in [0.29, 0.717) is 10.2 Å². The zero-order valence-corrected chi connectivity index (χ0v) is 19.0. The van der Waals surface area contributed by atoms with Gasteiger partial charge in [-0.05, 0) is 49.2 Å². The number of carbonyl (C=O) groups excluding carboxylic acids is 1. The minimum Gasteiger partial charge on any atom is -0.316 e. The van der Waals surface area contributed by atoms with Crippen molar-refractivity contribution in [3.63, 3.8) is 0 Å². The van der Waals surface area contributed by atoms with Crippen molar-refractivity contribution in [1.82, 2.24) is 9.47 Å². The molecular formula is C25H19ClN4OS. The van der Waals surface area contributed by atoms with Crippen molar-refractivity contribution in [2.45, 2.75) is 13.8 Å². The van der Waals surface area contributed by atoms with Crippen LogP contribution in [0.15, 0.2) is 76.6 Å². The van der Waals surface area contributed by atoms with Crippen LogP contribution >= 0.6 is 23.4 Å². The molecule has 1 aromatic heterocycles. The second-order valence-electron chi connectivity index (χ2n) is 7.54. The van der Waals surface area contributed by atoms with E-state index in [1.54, 1.807) is 11.0 Å². The van der Waals surface area contributed by atoms with Gasteiger partial charge >= 0.3 is 0 Å². The summed E-state index contributed by atoms with van der Waals surface area (Å²) in [6.07, 6.45) is 1.76. The third-order valence-electron chi connectivity index (χ3n) is 5.55. The second kappa shape index (κ2) is 7.97. The van der Waals surface area contributed by atoms with Crippen LogP contribution in [-0.2, 0) is 4.79 Å². The molecule has 2 aromatic carbocycles. The van der Waals surface area contributed by atoms with Crippen LogP contribution in [0.5, 0.6) is 0 Å². The lowest BCUT2D eigenvalue weighted by Gasteiger charge is -2.26. The van der Waals surface area contributed by atoms with Gasteiger partial charge < -0.3 is 4.57 Å². The number of amides is 1. The molecule has 5 rings (SSSR count). The number of nitrogens with one attached hydrogen (secondary N) is 1. The van der Waals surface area contributed by atoms with Crippen molar-refractivity contribution in [2.75, 3.05) is 0 Å². The van der Waals surface area contributed by atoms with Gasteiger partial charge in [-0.3, -0.25) is 15.1 Å². The molecule has 0 bridgehead atoms. The van der Waals surface area contributed by atoms with E-state index in [9.17, 15) is 4.79 Å². The van der Waals surface area contributed by atoms with Crippen molar-refractivity contribution in [3.8, 4) is 5.69 Å². The Balaban J connectivity index is 1.57. The smallest absolute Gasteiger partial charge is 0.283 e. The van der Waals surface area contributed by atoms with E-state index < -0.39 is 5.91 Å². The van der Waals surface area contributed by atoms with Gasteiger partial charge in [0.2, 0.25) is 0 Å². The summed E-state index contributed by atoms with van der Waals surface area (Å²) < 4.78 is 2.06. The topological polar surface area (TPSA) is 61.5 Å². The summed E-state index contributed by atoms with van der Waals surface area (Å²) in [6.45, 7) is 3.98. The molecule has 0 aliphatic carbocycles. The zero-order chi connectivity index (χ0) is 22.4. The van der Waals surface area contributed by atoms with Crippen molar-refractivity contribution < 1.29 is 4.79 Å². The molecule has 2 aliphatic rings. The number of hydrogen-bond acceptors (Lipinski definition) is 3. The maximum atomic E-state index is 12.8. The zero-order valence-electron chi connectivity index (χ0n) is 17.5. The van der Waals surface area contributed by atoms with Crippen LogP contribution in [-0.4, -0.2) is 26.4 Å². The Labute approximate surface area is 195 Å². The number of hydrogen-bond donors (Lipinski definition) is 1. The third-order valence-corrected chi connectivity index (χ3v) is 6.69. The SMILES string of the molecule is Cc1cc(C=C2C(=N)N3C(c4ccccc4)=CSC3=NC2=O)c(C)n1-c1ccccc1Cl. The lowest BCUT2D eigenvalue weighted by molar-refractivity contribution is -0.114. The number of nitrogens with zero attached hydrogens (tertiary/aromatic N) is 3. The number of halogens is 1. The summed E-state index contributed by atoms with van der Waals surface area (Å²) in [5.41, 5.74) is 5.74. The van der Waals surface area contributed by atoms with Crippen LogP contribution in [0.4, 0.5) is 0 Å². The number of aromatic nitrogens is 1. The number of benzene rings is 2. The molecule has 0 radical (unpaired) electrons. The van der Waals surface area contributed by atoms with E-state index in [0.717, 1.165) is 33.9 Å². The summed E-state index contributed by atoms with van der Waals surface area (Å²) in [6, 6.07) is 19.5. The van der Waals surface area contributed by atoms with Crippen LogP contribution in [0, 0.1) is 19.3 Å². The number of amidine groups is 2. The Morgan fingerprint density at radius 1 is 1.06 bits per heavy atom. The second-order valence-corrected chi connectivity index (χ2v) is 8.79. The van der Waals surface area contributed by atoms with Crippen LogP contribution in [0.25, 0.3) is 17.5 Å². The Morgan fingerprint density at radius 3 is 2.53 bits per heavy atom. The number of aliphatic imine (C=N–C) groups is 1. The highest BCUT2D eigenvalue weighted by Gasteiger charge is 2.36. The molecule has 3 heterocycles. The van der Waals surface area contributed by atoms with Gasteiger partial charge in [0.05, 0.1) is 22.0 Å². The normalized spacial score (nSPS) is 17.0. The van der Waals surface area contributed by atoms with Gasteiger partial charge in [-0.2, -0.15) is 4.99 Å². The molecule has 2 aliphatic heterocycles. The molecule has 158 valence electrons. The van der Waals surface area contributed by atoms with Gasteiger partial charge in [0.1, 0.15) is 5.84 Å². The largest absolute Gasteiger partial charge is 0.316 e. The molecule has 5 nitrogen and oxygen atoms in total. The minimum atomic E-state index is -0.404. The molecule has 32 heavy (non-hydrogen) atoms. The lowest BCUT2D eigenvalue weighted by atomic mass is 10.1. The van der Waals surface area contributed by atoms with Gasteiger partial charge in [0.25, 0.3) is 5.91 Å². The predicted octanol–water partition coefficient (Wildman–Crippen LogP) is 6.05. The molecule has 7 heteroatoms. The molecule has 1 amide bonds. The molecule has 0 saturated heterocycles. The first-order valence-electron chi connectivity index (χ1n) is 10.1. The Morgan fingerprint density at radius 2 is 1.78 bits per heavy atom. The Bertz CT molecular complexity index is 1370. The first-order chi connectivity index (χ1) is 15.5. The molecule has 3 aromatic rings. The number of rotatable bonds is 3. The Kier molecular flexibility index (Phi) is 5.12. The first kappa shape index (κ1) is 20.5. The van der Waals surface area contributed by atoms with Crippen LogP contribution in [0.3, 0.4) is 0 Å². The van der Waals surface area contributed by atoms with E-state index in [-0.39, 0.29) is 11.4 Å². The Hall–Kier alpha value is -3.35. The molecule has 1 N–H and O–H groups in total. The summed E-state index contributed by atoms with van der Waals surface area (Å²) >= 11 is 7.79. The third kappa shape index (κ3) is 3.32. The number of para-hydroxylation sites is 1. The van der Waals surface area contributed by atoms with Crippen molar-refractivity contribution >= 4 is 52.0 Å². The molecule has 0 atom stereocenters. The fourth-order valence-corrected chi connectivity index (χ4v) is 5.12. The summed E-state index contributed by atoms with van der Waals surface area (Å²) in [4.78, 5) is 18.8. The highest BCUT2D eigenvalue weighted by Crippen LogP contribution is 2.37. The van der Waals surface area contributed by atoms with E-state index in [2.05, 4.69) is 9.56 Å². The minimum absolute atomic E-state index is 0.127. The van der Waals surface area contributed by atoms with Crippen molar-refractivity contribution in [3.05, 3.63) is 99.2 Å².